The van der Waals surface area contributed by atoms with E-state index in [1.165, 1.54) is 0 Å². The van der Waals surface area contributed by atoms with E-state index in [0.717, 1.165) is 10.8 Å². The lowest BCUT2D eigenvalue weighted by molar-refractivity contribution is 0.0993. The molecule has 166 valence electrons. The highest BCUT2D eigenvalue weighted by molar-refractivity contribution is 7.82. The summed E-state index contributed by atoms with van der Waals surface area (Å²) in [7, 11) is 0. The summed E-state index contributed by atoms with van der Waals surface area (Å²) in [5, 5.41) is 6.24. The van der Waals surface area contributed by atoms with E-state index in [1.54, 1.807) is 36.4 Å². The molecule has 0 aromatic heterocycles. The first-order valence-corrected chi connectivity index (χ1v) is 9.45. The fourth-order valence-electron chi connectivity index (χ4n) is 2.62. The first-order valence-electron chi connectivity index (χ1n) is 9.04. The molecule has 3 rings (SSSR count). The molecule has 4 amide bonds. The van der Waals surface area contributed by atoms with Crippen LogP contribution in [0, 0.1) is 0 Å². The van der Waals surface area contributed by atoms with Gasteiger partial charge in [0.05, 0.1) is 6.54 Å². The van der Waals surface area contributed by atoms with Gasteiger partial charge in [-0.05, 0) is 10.8 Å². The summed E-state index contributed by atoms with van der Waals surface area (Å²) in [5.41, 5.74) is 10.8. The summed E-state index contributed by atoms with van der Waals surface area (Å²) in [4.78, 5) is 44.1. The summed E-state index contributed by atoms with van der Waals surface area (Å²) < 4.78 is 0. The highest BCUT2D eigenvalue weighted by atomic mass is 32.1. The number of primary amides is 2. The summed E-state index contributed by atoms with van der Waals surface area (Å²) in [6, 6.07) is 20.0. The molecule has 32 heavy (non-hydrogen) atoms. The van der Waals surface area contributed by atoms with Crippen LogP contribution in [0.4, 0.5) is 9.59 Å². The van der Waals surface area contributed by atoms with Crippen molar-refractivity contribution in [3.63, 3.8) is 0 Å². The van der Waals surface area contributed by atoms with Crippen molar-refractivity contribution in [3.05, 3.63) is 83.9 Å². The Morgan fingerprint density at radius 2 is 1.38 bits per heavy atom. The Balaban J connectivity index is 0.000000316. The number of Topliss-reactive ketones (excluding diaryl/α,β-unsaturated/α-hetero) is 2. The first kappa shape index (κ1) is 26.3. The van der Waals surface area contributed by atoms with Gasteiger partial charge in [0.1, 0.15) is 0 Å². The van der Waals surface area contributed by atoms with Gasteiger partial charge in [0, 0.05) is 11.1 Å². The summed E-state index contributed by atoms with van der Waals surface area (Å²) >= 11 is 4.67. The Labute approximate surface area is 196 Å². The maximum Gasteiger partial charge on any atom is 0.317 e. The maximum absolute atomic E-state index is 11.9. The van der Waals surface area contributed by atoms with E-state index in [9.17, 15) is 19.2 Å². The van der Waals surface area contributed by atoms with Crippen LogP contribution < -0.4 is 22.1 Å². The van der Waals surface area contributed by atoms with E-state index >= 15 is 0 Å². The van der Waals surface area contributed by atoms with Crippen LogP contribution in [-0.4, -0.2) is 35.2 Å². The molecule has 0 radical (unpaired) electrons. The molecule has 3 aromatic carbocycles. The average molecular weight is 471 g/mol. The lowest BCUT2D eigenvalue weighted by Crippen LogP contribution is -2.38. The van der Waals surface area contributed by atoms with Crippen LogP contribution >= 0.6 is 25.7 Å². The van der Waals surface area contributed by atoms with Crippen molar-refractivity contribution in [2.24, 2.45) is 11.5 Å². The Hall–Kier alpha value is -3.76. The minimum atomic E-state index is -0.834. The van der Waals surface area contributed by atoms with Crippen molar-refractivity contribution in [1.29, 1.82) is 0 Å². The molecule has 8 nitrogen and oxygen atoms in total. The third kappa shape index (κ3) is 7.82. The number of ketones is 2. The maximum atomic E-state index is 11.9. The highest BCUT2D eigenvalue weighted by Gasteiger charge is 2.12. The minimum Gasteiger partial charge on any atom is -0.352 e. The number of hydrogen-bond donors (Lipinski definition) is 4. The summed E-state index contributed by atoms with van der Waals surface area (Å²) in [6.45, 7) is -0.0800. The largest absolute Gasteiger partial charge is 0.352 e. The third-order valence-electron chi connectivity index (χ3n) is 3.99. The highest BCUT2D eigenvalue weighted by Crippen LogP contribution is 2.18. The number of hydrogen-bond acceptors (Lipinski definition) is 5. The van der Waals surface area contributed by atoms with E-state index in [1.807, 2.05) is 36.4 Å². The van der Waals surface area contributed by atoms with Crippen molar-refractivity contribution < 1.29 is 19.2 Å². The molecule has 0 saturated heterocycles. The Morgan fingerprint density at radius 3 is 2.00 bits per heavy atom. The number of urea groups is 2. The second kappa shape index (κ2) is 12.8. The second-order valence-corrected chi connectivity index (χ2v) is 6.59. The molecular weight excluding hydrogens is 448 g/mol. The molecule has 0 saturated carbocycles. The minimum absolute atomic E-state index is 0. The van der Waals surface area contributed by atoms with Crippen molar-refractivity contribution in [2.45, 2.75) is 0 Å². The van der Waals surface area contributed by atoms with E-state index in [2.05, 4.69) is 22.9 Å². The zero-order valence-electron chi connectivity index (χ0n) is 16.8. The van der Waals surface area contributed by atoms with Gasteiger partial charge in [0.25, 0.3) is 0 Å². The van der Waals surface area contributed by atoms with Crippen LogP contribution in [0.5, 0.6) is 0 Å². The van der Waals surface area contributed by atoms with Crippen molar-refractivity contribution >= 4 is 65.1 Å². The van der Waals surface area contributed by atoms with Gasteiger partial charge in [-0.15, -0.1) is 0 Å². The number of thiocarbonyl (C=S) groups is 1. The third-order valence-corrected chi connectivity index (χ3v) is 4.28. The van der Waals surface area contributed by atoms with Crippen LogP contribution in [0.3, 0.4) is 0 Å². The van der Waals surface area contributed by atoms with E-state index in [0.29, 0.717) is 11.1 Å². The molecule has 0 atom stereocenters. The number of carbonyl (C=O) groups excluding carboxylic acids is 4. The Bertz CT molecular complexity index is 1130. The second-order valence-electron chi connectivity index (χ2n) is 6.18. The summed E-state index contributed by atoms with van der Waals surface area (Å²) in [5.74, 6) is -0.569. The Morgan fingerprint density at radius 1 is 0.781 bits per heavy atom. The Kier molecular flexibility index (Phi) is 10.5. The van der Waals surface area contributed by atoms with Gasteiger partial charge in [-0.25, -0.2) is 9.59 Å². The van der Waals surface area contributed by atoms with Crippen LogP contribution in [-0.2, 0) is 0 Å². The fraction of sp³-hybridized carbons (Fsp3) is 0.0455. The van der Waals surface area contributed by atoms with Crippen LogP contribution in [0.25, 0.3) is 10.8 Å². The SMILES string of the molecule is NC(=O)NC(=S)C(=O)c1ccccc1.NC(=O)NCC(=O)c1cccc2ccccc12.S. The van der Waals surface area contributed by atoms with Gasteiger partial charge in [0.2, 0.25) is 5.78 Å². The fourth-order valence-corrected chi connectivity index (χ4v) is 2.84. The topological polar surface area (TPSA) is 144 Å². The monoisotopic (exact) mass is 470 g/mol. The molecule has 0 fully saturated rings. The van der Waals surface area contributed by atoms with Crippen molar-refractivity contribution in [1.82, 2.24) is 10.6 Å². The lowest BCUT2D eigenvalue weighted by Gasteiger charge is -2.05. The molecule has 3 aromatic rings. The number of fused-ring (bicyclic) bond motifs is 1. The normalized spacial score (nSPS) is 9.38. The van der Waals surface area contributed by atoms with Crippen LogP contribution in [0.1, 0.15) is 20.7 Å². The zero-order valence-corrected chi connectivity index (χ0v) is 18.6. The average Bonchev–Trinajstić information content (AvgIpc) is 2.77. The molecule has 6 N–H and O–H groups in total. The van der Waals surface area contributed by atoms with Gasteiger partial charge in [-0.3, -0.25) is 14.9 Å². The molecule has 0 spiro atoms. The van der Waals surface area contributed by atoms with Gasteiger partial charge in [-0.1, -0.05) is 85.0 Å². The molecule has 0 aliphatic rings. The lowest BCUT2D eigenvalue weighted by atomic mass is 10.0. The standard InChI is InChI=1S/C13H12N2O2.C9H8N2O2S.H2S/c14-13(17)15-8-12(16)11-7-3-5-9-4-1-2-6-10(9)11;10-9(13)11-8(14)7(12)6-4-2-1-3-5-6;/h1-7H,8H2,(H3,14,15,17);1-5H,(H3,10,11,13,14);1H2. The van der Waals surface area contributed by atoms with Crippen LogP contribution in [0.15, 0.2) is 72.8 Å². The number of amides is 4. The molecule has 10 heteroatoms. The van der Waals surface area contributed by atoms with E-state index in [-0.39, 0.29) is 30.8 Å². The van der Waals surface area contributed by atoms with Crippen molar-refractivity contribution in [3.8, 4) is 0 Å². The van der Waals surface area contributed by atoms with Crippen molar-refractivity contribution in [2.75, 3.05) is 6.54 Å². The number of nitrogens with one attached hydrogen (secondary N) is 2. The van der Waals surface area contributed by atoms with E-state index in [4.69, 9.17) is 11.5 Å². The molecule has 0 aliphatic heterocycles. The smallest absolute Gasteiger partial charge is 0.317 e. The van der Waals surface area contributed by atoms with Gasteiger partial charge in [0.15, 0.2) is 10.8 Å². The van der Waals surface area contributed by atoms with Gasteiger partial charge >= 0.3 is 12.1 Å². The summed E-state index contributed by atoms with van der Waals surface area (Å²) in [6.07, 6.45) is 0. The van der Waals surface area contributed by atoms with Gasteiger partial charge < -0.3 is 16.8 Å². The molecule has 0 bridgehead atoms. The predicted octanol–water partition coefficient (Wildman–Crippen LogP) is 2.67. The van der Waals surface area contributed by atoms with E-state index < -0.39 is 17.8 Å². The molecular formula is C22H22N4O4S2. The first-order chi connectivity index (χ1) is 14.8. The quantitative estimate of drug-likeness (QED) is 0.335. The molecule has 0 aliphatic carbocycles. The van der Waals surface area contributed by atoms with Gasteiger partial charge in [-0.2, -0.15) is 13.5 Å². The zero-order chi connectivity index (χ0) is 22.8. The van der Waals surface area contributed by atoms with Crippen LogP contribution in [0.2, 0.25) is 0 Å². The number of nitrogens with two attached hydrogens (primary N) is 2. The number of carbonyl (C=O) groups is 4. The number of rotatable bonds is 5. The molecule has 0 heterocycles. The predicted molar refractivity (Wildman–Crippen MR) is 132 cm³/mol. The number of benzene rings is 3. The molecule has 0 unspecified atom stereocenters.